The molecule has 7 heteroatoms. The second kappa shape index (κ2) is 8.36. The third-order valence-corrected chi connectivity index (χ3v) is 6.33. The summed E-state index contributed by atoms with van der Waals surface area (Å²) in [6.07, 6.45) is 3.38. The number of para-hydroxylation sites is 1. The van der Waals surface area contributed by atoms with E-state index in [-0.39, 0.29) is 0 Å². The number of aromatic nitrogens is 4. The van der Waals surface area contributed by atoms with E-state index in [1.165, 1.54) is 5.56 Å². The molecule has 0 atom stereocenters. The van der Waals surface area contributed by atoms with Crippen LogP contribution in [0, 0.1) is 20.8 Å². The van der Waals surface area contributed by atoms with Crippen molar-refractivity contribution in [2.24, 2.45) is 5.10 Å². The average Bonchev–Trinajstić information content (AvgIpc) is 3.37. The van der Waals surface area contributed by atoms with Crippen molar-refractivity contribution in [3.8, 4) is 16.8 Å². The van der Waals surface area contributed by atoms with Gasteiger partial charge < -0.3 is 0 Å². The number of hydrogen-bond donors (Lipinski definition) is 1. The Morgan fingerprint density at radius 2 is 1.75 bits per heavy atom. The van der Waals surface area contributed by atoms with Crippen LogP contribution in [0.4, 0.5) is 5.82 Å². The number of rotatable bonds is 5. The van der Waals surface area contributed by atoms with Gasteiger partial charge in [-0.05, 0) is 38.5 Å². The number of anilines is 1. The molecule has 0 saturated heterocycles. The Kier molecular flexibility index (Phi) is 5.25. The Morgan fingerprint density at radius 1 is 0.969 bits per heavy atom. The number of thiophene rings is 1. The summed E-state index contributed by atoms with van der Waals surface area (Å²) in [5.41, 5.74) is 10.6. The van der Waals surface area contributed by atoms with Crippen molar-refractivity contribution in [3.05, 3.63) is 88.8 Å². The van der Waals surface area contributed by atoms with Crippen molar-refractivity contribution < 1.29 is 0 Å². The molecule has 0 aliphatic rings. The fourth-order valence-electron chi connectivity index (χ4n) is 3.73. The van der Waals surface area contributed by atoms with E-state index in [2.05, 4.69) is 62.2 Å². The van der Waals surface area contributed by atoms with Crippen molar-refractivity contribution in [2.45, 2.75) is 20.8 Å². The molecule has 0 spiro atoms. The van der Waals surface area contributed by atoms with Crippen LogP contribution < -0.4 is 5.43 Å². The maximum Gasteiger partial charge on any atom is 0.159 e. The van der Waals surface area contributed by atoms with Gasteiger partial charge in [0.2, 0.25) is 0 Å². The van der Waals surface area contributed by atoms with Gasteiger partial charge in [-0.25, -0.2) is 14.6 Å². The van der Waals surface area contributed by atoms with Crippen molar-refractivity contribution >= 4 is 33.6 Å². The highest BCUT2D eigenvalue weighted by molar-refractivity contribution is 7.17. The van der Waals surface area contributed by atoms with Gasteiger partial charge in [-0.2, -0.15) is 10.2 Å². The summed E-state index contributed by atoms with van der Waals surface area (Å²) in [6.45, 7) is 6.13. The van der Waals surface area contributed by atoms with Crippen LogP contribution in [-0.4, -0.2) is 26.0 Å². The summed E-state index contributed by atoms with van der Waals surface area (Å²) < 4.78 is 1.94. The van der Waals surface area contributed by atoms with Crippen molar-refractivity contribution in [1.82, 2.24) is 19.7 Å². The van der Waals surface area contributed by atoms with E-state index < -0.39 is 0 Å². The average molecular weight is 439 g/mol. The van der Waals surface area contributed by atoms with E-state index in [4.69, 9.17) is 0 Å². The van der Waals surface area contributed by atoms with Gasteiger partial charge in [0.25, 0.3) is 0 Å². The Bertz CT molecular complexity index is 1410. The van der Waals surface area contributed by atoms with Gasteiger partial charge in [0, 0.05) is 16.5 Å². The number of nitrogens with zero attached hydrogens (tertiary/aromatic N) is 5. The van der Waals surface area contributed by atoms with Gasteiger partial charge in [0.15, 0.2) is 5.82 Å². The molecule has 0 fully saturated rings. The van der Waals surface area contributed by atoms with E-state index in [1.54, 1.807) is 17.7 Å². The minimum Gasteiger partial charge on any atom is -0.261 e. The van der Waals surface area contributed by atoms with Crippen molar-refractivity contribution in [1.29, 1.82) is 0 Å². The van der Waals surface area contributed by atoms with Gasteiger partial charge in [-0.3, -0.25) is 5.43 Å². The van der Waals surface area contributed by atoms with Gasteiger partial charge >= 0.3 is 0 Å². The topological polar surface area (TPSA) is 68.0 Å². The van der Waals surface area contributed by atoms with Crippen LogP contribution in [0.2, 0.25) is 0 Å². The first-order valence-corrected chi connectivity index (χ1v) is 11.2. The molecule has 0 saturated carbocycles. The number of nitrogens with one attached hydrogen (secondary N) is 1. The molecular formula is C25H22N6S. The summed E-state index contributed by atoms with van der Waals surface area (Å²) in [5, 5.41) is 12.3. The summed E-state index contributed by atoms with van der Waals surface area (Å²) in [7, 11) is 0. The maximum atomic E-state index is 4.68. The summed E-state index contributed by atoms with van der Waals surface area (Å²) >= 11 is 1.61. The predicted octanol–water partition coefficient (Wildman–Crippen LogP) is 5.92. The molecule has 0 radical (unpaired) electrons. The van der Waals surface area contributed by atoms with Gasteiger partial charge in [-0.1, -0.05) is 48.0 Å². The number of aryl methyl sites for hydroxylation is 2. The Balaban J connectivity index is 1.47. The third-order valence-electron chi connectivity index (χ3n) is 5.44. The summed E-state index contributed by atoms with van der Waals surface area (Å²) in [4.78, 5) is 9.83. The molecule has 1 N–H and O–H groups in total. The second-order valence-corrected chi connectivity index (χ2v) is 8.48. The molecule has 2 aromatic carbocycles. The molecular weight excluding hydrogens is 416 g/mol. The molecule has 0 aliphatic heterocycles. The van der Waals surface area contributed by atoms with Crippen LogP contribution in [0.15, 0.2) is 71.4 Å². The van der Waals surface area contributed by atoms with Gasteiger partial charge in [0.1, 0.15) is 11.2 Å². The first-order chi connectivity index (χ1) is 15.6. The van der Waals surface area contributed by atoms with Crippen LogP contribution in [-0.2, 0) is 0 Å². The fourth-order valence-corrected chi connectivity index (χ4v) is 4.64. The van der Waals surface area contributed by atoms with Crippen LogP contribution in [0.1, 0.15) is 22.5 Å². The molecule has 0 bridgehead atoms. The van der Waals surface area contributed by atoms with Crippen LogP contribution in [0.3, 0.4) is 0 Å². The zero-order valence-corrected chi connectivity index (χ0v) is 18.9. The number of fused-ring (bicyclic) bond motifs is 1. The third kappa shape index (κ3) is 3.67. The molecule has 0 unspecified atom stereocenters. The van der Waals surface area contributed by atoms with Crippen LogP contribution in [0.25, 0.3) is 27.0 Å². The molecule has 3 heterocycles. The highest BCUT2D eigenvalue weighted by Crippen LogP contribution is 2.36. The van der Waals surface area contributed by atoms with E-state index in [0.717, 1.165) is 44.0 Å². The molecule has 158 valence electrons. The molecule has 5 aromatic rings. The predicted molar refractivity (Wildman–Crippen MR) is 132 cm³/mol. The lowest BCUT2D eigenvalue weighted by molar-refractivity contribution is 0.833. The molecule has 3 aromatic heterocycles. The standard InChI is InChI=1S/C25H22N6S/c1-16-9-11-19(12-10-16)22-14-32-25-23(22)24(26-15-27-25)29-28-13-21-17(2)30-31(18(21)3)20-7-5-4-6-8-20/h4-15H,1-3H3,(H,26,27,29)/b28-13+. The van der Waals surface area contributed by atoms with Crippen LogP contribution >= 0.6 is 11.3 Å². The first-order valence-electron chi connectivity index (χ1n) is 10.3. The highest BCUT2D eigenvalue weighted by Gasteiger charge is 2.14. The molecule has 6 nitrogen and oxygen atoms in total. The highest BCUT2D eigenvalue weighted by atomic mass is 32.1. The minimum absolute atomic E-state index is 0.689. The molecule has 5 rings (SSSR count). The van der Waals surface area contributed by atoms with Crippen LogP contribution in [0.5, 0.6) is 0 Å². The van der Waals surface area contributed by atoms with Gasteiger partial charge in [-0.15, -0.1) is 11.3 Å². The second-order valence-electron chi connectivity index (χ2n) is 7.62. The number of hydrogen-bond acceptors (Lipinski definition) is 6. The monoisotopic (exact) mass is 438 g/mol. The van der Waals surface area contributed by atoms with E-state index in [0.29, 0.717) is 5.82 Å². The molecule has 0 amide bonds. The summed E-state index contributed by atoms with van der Waals surface area (Å²) in [5.74, 6) is 0.689. The van der Waals surface area contributed by atoms with E-state index in [1.807, 2.05) is 55.1 Å². The van der Waals surface area contributed by atoms with E-state index in [9.17, 15) is 0 Å². The lowest BCUT2D eigenvalue weighted by atomic mass is 10.0. The number of hydrazone groups is 1. The SMILES string of the molecule is Cc1ccc(-c2csc3ncnc(N/N=C/c4c(C)nn(-c5ccccc5)c4C)c23)cc1. The Hall–Kier alpha value is -3.84. The lowest BCUT2D eigenvalue weighted by Gasteiger charge is -2.05. The quantitative estimate of drug-likeness (QED) is 0.273. The molecule has 0 aliphatic carbocycles. The maximum absolute atomic E-state index is 4.68. The Morgan fingerprint density at radius 3 is 2.53 bits per heavy atom. The fraction of sp³-hybridized carbons (Fsp3) is 0.120. The zero-order valence-electron chi connectivity index (χ0n) is 18.1. The first kappa shape index (κ1) is 20.1. The van der Waals surface area contributed by atoms with Gasteiger partial charge in [0.05, 0.1) is 28.7 Å². The Labute approximate surface area is 190 Å². The number of benzene rings is 2. The molecule has 32 heavy (non-hydrogen) atoms. The summed E-state index contributed by atoms with van der Waals surface area (Å²) in [6, 6.07) is 18.6. The minimum atomic E-state index is 0.689. The van der Waals surface area contributed by atoms with Crippen molar-refractivity contribution in [3.63, 3.8) is 0 Å². The smallest absolute Gasteiger partial charge is 0.159 e. The zero-order chi connectivity index (χ0) is 22.1. The van der Waals surface area contributed by atoms with Crippen molar-refractivity contribution in [2.75, 3.05) is 5.43 Å². The van der Waals surface area contributed by atoms with E-state index >= 15 is 0 Å². The largest absolute Gasteiger partial charge is 0.261 e. The normalized spacial score (nSPS) is 11.5. The lowest BCUT2D eigenvalue weighted by Crippen LogP contribution is -1.99.